The second-order valence-electron chi connectivity index (χ2n) is 10.5. The Morgan fingerprint density at radius 2 is 2.15 bits per heavy atom. The lowest BCUT2D eigenvalue weighted by Crippen LogP contribution is -2.83. The van der Waals surface area contributed by atoms with E-state index in [1.807, 2.05) is 0 Å². The number of likely N-dealkylation sites (tertiary alicyclic amines) is 1. The molecule has 1 spiro atoms. The van der Waals surface area contributed by atoms with Gasteiger partial charge in [0.05, 0.1) is 23.7 Å². The molecule has 3 heterocycles. The Hall–Kier alpha value is -2.96. The zero-order valence-electron chi connectivity index (χ0n) is 20.7. The van der Waals surface area contributed by atoms with Crippen LogP contribution in [0.5, 0.6) is 0 Å². The Kier molecular flexibility index (Phi) is 6.27. The van der Waals surface area contributed by atoms with Crippen molar-refractivity contribution in [3.8, 4) is 0 Å². The molecule has 2 aliphatic heterocycles. The third-order valence-electron chi connectivity index (χ3n) is 8.38. The van der Waals surface area contributed by atoms with E-state index in [4.69, 9.17) is 16.3 Å². The zero-order valence-corrected chi connectivity index (χ0v) is 22.2. The first kappa shape index (κ1) is 26.3. The number of rotatable bonds is 7. The fourth-order valence-corrected chi connectivity index (χ4v) is 7.93. The van der Waals surface area contributed by atoms with Crippen molar-refractivity contribution in [3.63, 3.8) is 0 Å². The maximum absolute atomic E-state index is 14.9. The zero-order chi connectivity index (χ0) is 27.7. The van der Waals surface area contributed by atoms with Crippen LogP contribution in [0.3, 0.4) is 0 Å². The highest BCUT2D eigenvalue weighted by Crippen LogP contribution is 2.72. The Morgan fingerprint density at radius 3 is 2.82 bits per heavy atom. The third-order valence-corrected chi connectivity index (χ3v) is 9.56. The van der Waals surface area contributed by atoms with Crippen molar-refractivity contribution in [2.24, 2.45) is 16.3 Å². The summed E-state index contributed by atoms with van der Waals surface area (Å²) < 4.78 is 49.4. The standard InChI is InChI=1S/C26H24ClF3N4O4S/c1-38-23(37)18-15(10-34-16-7-12(8-17(35)36)9-25(16)11-26(29,30)24(25)34)32-21(22-31-5-6-39-22)33-20(18)13-3-2-4-14(28)19(13)27/h2-6,12,16,20,24H,7-11H2,1H3,(H,32,33)(H,35,36)/t12-,16-,20+,24+,25?/m1/s1. The van der Waals surface area contributed by atoms with Crippen LogP contribution in [-0.4, -0.2) is 64.4 Å². The molecular formula is C26H24ClF3N4O4S. The number of alkyl halides is 2. The first-order valence-corrected chi connectivity index (χ1v) is 13.7. The van der Waals surface area contributed by atoms with E-state index in [2.05, 4.69) is 15.3 Å². The maximum atomic E-state index is 14.9. The van der Waals surface area contributed by atoms with E-state index in [1.165, 1.54) is 30.6 Å². The minimum absolute atomic E-state index is 0.0329. The molecule has 13 heteroatoms. The van der Waals surface area contributed by atoms with E-state index >= 15 is 0 Å². The number of aromatic nitrogens is 1. The molecule has 5 atom stereocenters. The van der Waals surface area contributed by atoms with Crippen molar-refractivity contribution in [2.75, 3.05) is 13.7 Å². The number of carboxylic acid groups (broad SMARTS) is 1. The highest BCUT2D eigenvalue weighted by atomic mass is 35.5. The van der Waals surface area contributed by atoms with E-state index in [0.717, 1.165) is 0 Å². The van der Waals surface area contributed by atoms with Gasteiger partial charge in [0.25, 0.3) is 5.92 Å². The van der Waals surface area contributed by atoms with Crippen LogP contribution in [0.1, 0.15) is 42.3 Å². The summed E-state index contributed by atoms with van der Waals surface area (Å²) in [6, 6.07) is 1.79. The number of hydrogen-bond acceptors (Lipinski definition) is 8. The number of carbonyl (C=O) groups is 2. The van der Waals surface area contributed by atoms with E-state index in [1.54, 1.807) is 22.5 Å². The molecule has 6 rings (SSSR count). The molecule has 2 aliphatic carbocycles. The van der Waals surface area contributed by atoms with Gasteiger partial charge in [0.1, 0.15) is 11.9 Å². The van der Waals surface area contributed by atoms with Crippen molar-refractivity contribution in [3.05, 3.63) is 62.5 Å². The van der Waals surface area contributed by atoms with Crippen molar-refractivity contribution < 1.29 is 32.6 Å². The number of ether oxygens (including phenoxy) is 1. The van der Waals surface area contributed by atoms with Crippen LogP contribution >= 0.6 is 22.9 Å². The Morgan fingerprint density at radius 1 is 1.36 bits per heavy atom. The van der Waals surface area contributed by atoms with Crippen LogP contribution in [-0.2, 0) is 14.3 Å². The fraction of sp³-hybridized carbons (Fsp3) is 0.462. The second-order valence-corrected chi connectivity index (χ2v) is 11.8. The molecule has 0 radical (unpaired) electrons. The monoisotopic (exact) mass is 580 g/mol. The van der Waals surface area contributed by atoms with Gasteiger partial charge in [-0.05, 0) is 24.8 Å². The molecule has 0 bridgehead atoms. The van der Waals surface area contributed by atoms with Gasteiger partial charge >= 0.3 is 11.9 Å². The summed E-state index contributed by atoms with van der Waals surface area (Å²) in [5.41, 5.74) is -0.0998. The number of piperidine rings is 1. The molecule has 3 fully saturated rings. The molecule has 1 saturated heterocycles. The lowest BCUT2D eigenvalue weighted by atomic mass is 9.51. The molecule has 8 nitrogen and oxygen atoms in total. The molecule has 1 aromatic heterocycles. The minimum Gasteiger partial charge on any atom is -0.481 e. The van der Waals surface area contributed by atoms with Gasteiger partial charge in [-0.3, -0.25) is 14.7 Å². The first-order chi connectivity index (χ1) is 18.6. The second kappa shape index (κ2) is 9.31. The number of carboxylic acids is 1. The van der Waals surface area contributed by atoms with Gasteiger partial charge in [-0.2, -0.15) is 0 Å². The minimum atomic E-state index is -2.94. The summed E-state index contributed by atoms with van der Waals surface area (Å²) in [5, 5.41) is 14.4. The van der Waals surface area contributed by atoms with E-state index in [9.17, 15) is 27.9 Å². The van der Waals surface area contributed by atoms with Crippen LogP contribution in [0.15, 0.2) is 46.0 Å². The maximum Gasteiger partial charge on any atom is 0.338 e. The Labute approximate surface area is 230 Å². The molecule has 4 aliphatic rings. The fourth-order valence-electron chi connectivity index (χ4n) is 7.11. The van der Waals surface area contributed by atoms with Gasteiger partial charge < -0.3 is 15.2 Å². The molecule has 39 heavy (non-hydrogen) atoms. The number of nitrogens with one attached hydrogen (secondary N) is 1. The molecule has 1 aromatic carbocycles. The predicted octanol–water partition coefficient (Wildman–Crippen LogP) is 4.42. The van der Waals surface area contributed by atoms with Crippen LogP contribution in [0.25, 0.3) is 0 Å². The van der Waals surface area contributed by atoms with Crippen LogP contribution in [0.2, 0.25) is 5.02 Å². The Balaban J connectivity index is 1.42. The summed E-state index contributed by atoms with van der Waals surface area (Å²) in [6.07, 6.45) is 2.15. The lowest BCUT2D eigenvalue weighted by Gasteiger charge is -2.71. The van der Waals surface area contributed by atoms with Gasteiger partial charge in [0.2, 0.25) is 0 Å². The average molecular weight is 581 g/mol. The number of esters is 1. The summed E-state index contributed by atoms with van der Waals surface area (Å²) in [7, 11) is 1.19. The number of nitrogens with zero attached hydrogens (tertiary/aromatic N) is 3. The summed E-state index contributed by atoms with van der Waals surface area (Å²) in [4.78, 5) is 35.1. The largest absolute Gasteiger partial charge is 0.481 e. The predicted molar refractivity (Wildman–Crippen MR) is 136 cm³/mol. The number of carbonyl (C=O) groups excluding carboxylic acids is 1. The Bertz CT molecular complexity index is 1420. The van der Waals surface area contributed by atoms with Gasteiger partial charge in [-0.25, -0.2) is 22.9 Å². The van der Waals surface area contributed by atoms with Gasteiger partial charge in [-0.15, -0.1) is 11.3 Å². The smallest absolute Gasteiger partial charge is 0.338 e. The van der Waals surface area contributed by atoms with Crippen molar-refractivity contribution in [2.45, 2.75) is 49.7 Å². The highest BCUT2D eigenvalue weighted by molar-refractivity contribution is 7.11. The lowest BCUT2D eigenvalue weighted by molar-refractivity contribution is -0.321. The van der Waals surface area contributed by atoms with Crippen LogP contribution in [0.4, 0.5) is 13.2 Å². The highest BCUT2D eigenvalue weighted by Gasteiger charge is 2.80. The molecule has 0 amide bonds. The van der Waals surface area contributed by atoms with E-state index < -0.39 is 41.2 Å². The number of aliphatic imine (C=N–C) groups is 1. The summed E-state index contributed by atoms with van der Waals surface area (Å²) >= 11 is 7.60. The molecule has 2 saturated carbocycles. The van der Waals surface area contributed by atoms with Crippen molar-refractivity contribution >= 4 is 40.7 Å². The number of hydrogen-bond donors (Lipinski definition) is 2. The van der Waals surface area contributed by atoms with Gasteiger partial charge in [0.15, 0.2) is 10.8 Å². The molecule has 2 aromatic rings. The number of amidine groups is 1. The quantitative estimate of drug-likeness (QED) is 0.467. The molecular weight excluding hydrogens is 557 g/mol. The number of benzene rings is 1. The van der Waals surface area contributed by atoms with E-state index in [0.29, 0.717) is 23.7 Å². The van der Waals surface area contributed by atoms with E-state index in [-0.39, 0.29) is 53.2 Å². The number of thiazole rings is 1. The summed E-state index contributed by atoms with van der Waals surface area (Å²) in [5.74, 6) is -5.24. The molecule has 1 unspecified atom stereocenters. The topological polar surface area (TPSA) is 104 Å². The average Bonchev–Trinajstić information content (AvgIpc) is 3.51. The molecule has 206 valence electrons. The van der Waals surface area contributed by atoms with Gasteiger partial charge in [0, 0.05) is 53.7 Å². The van der Waals surface area contributed by atoms with Crippen molar-refractivity contribution in [1.82, 2.24) is 15.2 Å². The number of aliphatic carboxylic acids is 1. The number of methoxy groups -OCH3 is 1. The van der Waals surface area contributed by atoms with Crippen LogP contribution < -0.4 is 5.32 Å². The number of halogens is 4. The normalized spacial score (nSPS) is 30.8. The molecule has 2 N–H and O–H groups in total. The van der Waals surface area contributed by atoms with Crippen molar-refractivity contribution in [1.29, 1.82) is 0 Å². The van der Waals surface area contributed by atoms with Crippen LogP contribution in [0, 0.1) is 17.2 Å². The van der Waals surface area contributed by atoms with Gasteiger partial charge in [-0.1, -0.05) is 23.7 Å². The summed E-state index contributed by atoms with van der Waals surface area (Å²) in [6.45, 7) is -0.0648. The third kappa shape index (κ3) is 4.06. The SMILES string of the molecule is COC(=O)C1=C(CN2[C@@H]3C(F)(F)CC34C[C@@H](CC(=O)O)C[C@@H]24)NC(c2nccs2)=N[C@H]1c1cccc(F)c1Cl. The first-order valence-electron chi connectivity index (χ1n) is 12.4.